The SMILES string of the molecule is CN/N=C(\C)OC. The van der Waals surface area contributed by atoms with Crippen molar-refractivity contribution in [3.8, 4) is 0 Å². The van der Waals surface area contributed by atoms with Gasteiger partial charge in [-0.3, -0.25) is 0 Å². The van der Waals surface area contributed by atoms with Gasteiger partial charge in [0.05, 0.1) is 7.11 Å². The zero-order valence-electron chi connectivity index (χ0n) is 4.86. The predicted octanol–water partition coefficient (Wildman–Crippen LogP) is 0.186. The first-order valence-corrected chi connectivity index (χ1v) is 2.06. The average Bonchev–Trinajstić information content (AvgIpc) is 1.68. The highest BCUT2D eigenvalue weighted by Gasteiger charge is 1.77. The third-order valence-corrected chi connectivity index (χ3v) is 0.565. The Morgan fingerprint density at radius 1 is 1.71 bits per heavy atom. The summed E-state index contributed by atoms with van der Waals surface area (Å²) in [4.78, 5) is 0. The Labute approximate surface area is 43.4 Å². The van der Waals surface area contributed by atoms with Crippen LogP contribution in [0.3, 0.4) is 0 Å². The number of hydrogen-bond acceptors (Lipinski definition) is 3. The predicted molar refractivity (Wildman–Crippen MR) is 29.2 cm³/mol. The molecule has 0 amide bonds. The zero-order valence-corrected chi connectivity index (χ0v) is 4.86. The molecule has 0 rings (SSSR count). The third kappa shape index (κ3) is 3.09. The summed E-state index contributed by atoms with van der Waals surface area (Å²) in [5.41, 5.74) is 2.58. The standard InChI is InChI=1S/C4H10N2O/c1-4(7-3)6-5-2/h5H,1-3H3/b6-4+. The van der Waals surface area contributed by atoms with E-state index in [4.69, 9.17) is 0 Å². The number of nitrogens with one attached hydrogen (secondary N) is 1. The van der Waals surface area contributed by atoms with Crippen molar-refractivity contribution in [3.05, 3.63) is 0 Å². The van der Waals surface area contributed by atoms with Crippen LogP contribution in [0, 0.1) is 0 Å². The molecule has 0 aromatic heterocycles. The van der Waals surface area contributed by atoms with Gasteiger partial charge in [0.25, 0.3) is 0 Å². The highest BCUT2D eigenvalue weighted by atomic mass is 16.5. The summed E-state index contributed by atoms with van der Waals surface area (Å²) in [7, 11) is 3.30. The van der Waals surface area contributed by atoms with Crippen LogP contribution in [-0.4, -0.2) is 20.1 Å². The quantitative estimate of drug-likeness (QED) is 0.291. The number of hydrazone groups is 1. The molecule has 0 heterocycles. The summed E-state index contributed by atoms with van der Waals surface area (Å²) in [6.07, 6.45) is 0. The first-order chi connectivity index (χ1) is 3.31. The highest BCUT2D eigenvalue weighted by molar-refractivity contribution is 5.72. The van der Waals surface area contributed by atoms with Gasteiger partial charge in [0.15, 0.2) is 0 Å². The maximum atomic E-state index is 4.68. The summed E-state index contributed by atoms with van der Waals surface area (Å²) in [5, 5.41) is 3.69. The molecule has 7 heavy (non-hydrogen) atoms. The molecular weight excluding hydrogens is 92.1 g/mol. The van der Waals surface area contributed by atoms with E-state index >= 15 is 0 Å². The molecule has 0 aliphatic rings. The Kier molecular flexibility index (Phi) is 3.10. The summed E-state index contributed by atoms with van der Waals surface area (Å²) in [6, 6.07) is 0. The molecular formula is C4H10N2O. The van der Waals surface area contributed by atoms with E-state index in [9.17, 15) is 0 Å². The lowest BCUT2D eigenvalue weighted by Gasteiger charge is -1.93. The molecule has 0 aromatic rings. The summed E-state index contributed by atoms with van der Waals surface area (Å²) in [5.74, 6) is 0.641. The van der Waals surface area contributed by atoms with Crippen LogP contribution in [0.2, 0.25) is 0 Å². The van der Waals surface area contributed by atoms with E-state index in [-0.39, 0.29) is 0 Å². The van der Waals surface area contributed by atoms with Gasteiger partial charge in [0.2, 0.25) is 5.90 Å². The molecule has 0 atom stereocenters. The monoisotopic (exact) mass is 102 g/mol. The Morgan fingerprint density at radius 2 is 2.29 bits per heavy atom. The topological polar surface area (TPSA) is 33.6 Å². The molecule has 0 bridgehead atoms. The van der Waals surface area contributed by atoms with Crippen molar-refractivity contribution in [3.63, 3.8) is 0 Å². The molecule has 0 unspecified atom stereocenters. The van der Waals surface area contributed by atoms with Crippen LogP contribution in [0.4, 0.5) is 0 Å². The van der Waals surface area contributed by atoms with Crippen LogP contribution in [0.25, 0.3) is 0 Å². The van der Waals surface area contributed by atoms with Gasteiger partial charge in [-0.05, 0) is 0 Å². The number of rotatable bonds is 1. The summed E-state index contributed by atoms with van der Waals surface area (Å²) >= 11 is 0. The second-order valence-corrected chi connectivity index (χ2v) is 1.06. The van der Waals surface area contributed by atoms with Crippen LogP contribution in [0.15, 0.2) is 5.10 Å². The van der Waals surface area contributed by atoms with Gasteiger partial charge in [0, 0.05) is 14.0 Å². The fourth-order valence-corrected chi connectivity index (χ4v) is 0.203. The number of methoxy groups -OCH3 is 1. The fraction of sp³-hybridized carbons (Fsp3) is 0.750. The van der Waals surface area contributed by atoms with Crippen molar-refractivity contribution in [2.75, 3.05) is 14.2 Å². The maximum absolute atomic E-state index is 4.68. The minimum atomic E-state index is 0.641. The molecule has 1 N–H and O–H groups in total. The lowest BCUT2D eigenvalue weighted by atomic mass is 10.8. The molecule has 0 aliphatic carbocycles. The van der Waals surface area contributed by atoms with Crippen molar-refractivity contribution >= 4 is 5.90 Å². The number of nitrogens with zero attached hydrogens (tertiary/aromatic N) is 1. The van der Waals surface area contributed by atoms with E-state index in [2.05, 4.69) is 15.3 Å². The van der Waals surface area contributed by atoms with Crippen LogP contribution < -0.4 is 5.43 Å². The molecule has 0 saturated carbocycles. The average molecular weight is 102 g/mol. The van der Waals surface area contributed by atoms with E-state index < -0.39 is 0 Å². The zero-order chi connectivity index (χ0) is 5.70. The number of ether oxygens (including phenoxy) is 1. The molecule has 0 spiro atoms. The van der Waals surface area contributed by atoms with Crippen molar-refractivity contribution in [2.24, 2.45) is 5.10 Å². The lowest BCUT2D eigenvalue weighted by molar-refractivity contribution is 0.395. The summed E-state index contributed by atoms with van der Waals surface area (Å²) < 4.78 is 4.68. The van der Waals surface area contributed by atoms with Gasteiger partial charge in [-0.1, -0.05) is 0 Å². The fourth-order valence-electron chi connectivity index (χ4n) is 0.203. The molecule has 42 valence electrons. The first-order valence-electron chi connectivity index (χ1n) is 2.06. The second kappa shape index (κ2) is 3.46. The van der Waals surface area contributed by atoms with Crippen molar-refractivity contribution in [1.29, 1.82) is 0 Å². The van der Waals surface area contributed by atoms with E-state index in [0.717, 1.165) is 0 Å². The van der Waals surface area contributed by atoms with E-state index in [1.165, 1.54) is 0 Å². The molecule has 0 aromatic carbocycles. The smallest absolute Gasteiger partial charge is 0.202 e. The minimum Gasteiger partial charge on any atom is -0.483 e. The van der Waals surface area contributed by atoms with Gasteiger partial charge >= 0.3 is 0 Å². The van der Waals surface area contributed by atoms with Gasteiger partial charge in [-0.2, -0.15) is 0 Å². The van der Waals surface area contributed by atoms with Crippen molar-refractivity contribution in [1.82, 2.24) is 5.43 Å². The first kappa shape index (κ1) is 6.27. The Hall–Kier alpha value is -0.730. The molecule has 3 nitrogen and oxygen atoms in total. The van der Waals surface area contributed by atoms with Crippen LogP contribution in [-0.2, 0) is 4.74 Å². The lowest BCUT2D eigenvalue weighted by Crippen LogP contribution is -2.02. The minimum absolute atomic E-state index is 0.641. The Balaban J connectivity index is 3.29. The van der Waals surface area contributed by atoms with Crippen LogP contribution in [0.5, 0.6) is 0 Å². The Bertz CT molecular complexity index is 70.1. The Morgan fingerprint density at radius 3 is 2.43 bits per heavy atom. The van der Waals surface area contributed by atoms with Crippen molar-refractivity contribution < 1.29 is 4.74 Å². The van der Waals surface area contributed by atoms with E-state index in [0.29, 0.717) is 5.90 Å². The second-order valence-electron chi connectivity index (χ2n) is 1.06. The molecule has 0 saturated heterocycles. The van der Waals surface area contributed by atoms with Gasteiger partial charge < -0.3 is 10.2 Å². The molecule has 0 fully saturated rings. The van der Waals surface area contributed by atoms with Gasteiger partial charge in [0.1, 0.15) is 0 Å². The number of hydrogen-bond donors (Lipinski definition) is 1. The van der Waals surface area contributed by atoms with Gasteiger partial charge in [-0.25, -0.2) is 0 Å². The third-order valence-electron chi connectivity index (χ3n) is 0.565. The molecule has 0 radical (unpaired) electrons. The normalized spacial score (nSPS) is 11.0. The maximum Gasteiger partial charge on any atom is 0.202 e. The van der Waals surface area contributed by atoms with Gasteiger partial charge in [-0.15, -0.1) is 5.10 Å². The molecule has 0 aliphatic heterocycles. The highest BCUT2D eigenvalue weighted by Crippen LogP contribution is 1.69. The van der Waals surface area contributed by atoms with E-state index in [1.807, 2.05) is 0 Å². The molecule has 3 heteroatoms. The van der Waals surface area contributed by atoms with Crippen LogP contribution in [0.1, 0.15) is 6.92 Å². The largest absolute Gasteiger partial charge is 0.483 e. The van der Waals surface area contributed by atoms with E-state index in [1.54, 1.807) is 21.1 Å². The van der Waals surface area contributed by atoms with Crippen molar-refractivity contribution in [2.45, 2.75) is 6.92 Å². The van der Waals surface area contributed by atoms with Crippen LogP contribution >= 0.6 is 0 Å². The summed E-state index contributed by atoms with van der Waals surface area (Å²) in [6.45, 7) is 1.77.